The summed E-state index contributed by atoms with van der Waals surface area (Å²) < 4.78 is 46.0. The van der Waals surface area contributed by atoms with E-state index in [4.69, 9.17) is 0 Å². The van der Waals surface area contributed by atoms with Crippen molar-refractivity contribution in [2.24, 2.45) is 0 Å². The highest BCUT2D eigenvalue weighted by molar-refractivity contribution is 7.91. The Morgan fingerprint density at radius 2 is 1.75 bits per heavy atom. The number of anilines is 4. The van der Waals surface area contributed by atoms with Crippen LogP contribution in [0.15, 0.2) is 39.9 Å². The minimum atomic E-state index is -3.80. The summed E-state index contributed by atoms with van der Waals surface area (Å²) in [5.74, 6) is -0.0401. The molecule has 0 spiro atoms. The maximum Gasteiger partial charge on any atom is 0.256 e. The fourth-order valence-corrected chi connectivity index (χ4v) is 5.95. The zero-order chi connectivity index (χ0) is 20.3. The Morgan fingerprint density at radius 1 is 1.14 bits per heavy atom. The average Bonchev–Trinajstić information content (AvgIpc) is 3.20. The van der Waals surface area contributed by atoms with Gasteiger partial charge in [0.1, 0.15) is 0 Å². The largest absolute Gasteiger partial charge is 0.546 e. The number of rotatable bonds is 8. The number of thiophene rings is 1. The zero-order valence-corrected chi connectivity index (χ0v) is 17.6. The van der Waals surface area contributed by atoms with Crippen molar-refractivity contribution < 1.29 is 18.1 Å². The van der Waals surface area contributed by atoms with Crippen molar-refractivity contribution in [3.8, 4) is 5.75 Å². The molecule has 2 aromatic heterocycles. The average molecular weight is 442 g/mol. The maximum absolute atomic E-state index is 12.7. The van der Waals surface area contributed by atoms with Gasteiger partial charge in [0.2, 0.25) is 11.6 Å². The Labute approximate surface area is 169 Å². The van der Waals surface area contributed by atoms with Crippen molar-refractivity contribution >= 4 is 55.5 Å². The number of sulfonamides is 1. The summed E-state index contributed by atoms with van der Waals surface area (Å²) in [6.07, 6.45) is 0. The van der Waals surface area contributed by atoms with Gasteiger partial charge in [-0.25, -0.2) is 8.42 Å². The van der Waals surface area contributed by atoms with E-state index in [-0.39, 0.29) is 21.5 Å². The first-order valence-electron chi connectivity index (χ1n) is 8.36. The molecule has 0 bridgehead atoms. The Morgan fingerprint density at radius 3 is 2.36 bits per heavy atom. The van der Waals surface area contributed by atoms with Crippen LogP contribution in [0.5, 0.6) is 5.75 Å². The molecule has 150 valence electrons. The number of nitrogens with one attached hydrogen (secondary N) is 2. The van der Waals surface area contributed by atoms with Crippen LogP contribution in [0.3, 0.4) is 0 Å². The van der Waals surface area contributed by atoms with Crippen LogP contribution in [0.4, 0.5) is 23.0 Å². The highest BCUT2D eigenvalue weighted by Crippen LogP contribution is 2.41. The Bertz CT molecular complexity index is 1050. The lowest BCUT2D eigenvalue weighted by molar-refractivity contribution is 0.434. The van der Waals surface area contributed by atoms with Gasteiger partial charge in [0, 0.05) is 32.9 Å². The number of hydrogen-bond donors (Lipinski definition) is 3. The first-order chi connectivity index (χ1) is 13.4. The molecule has 12 heteroatoms. The third-order valence-corrected chi connectivity index (χ3v) is 8.08. The molecule has 0 saturated heterocycles. The summed E-state index contributed by atoms with van der Waals surface area (Å²) in [7, 11) is -3.80. The number of para-hydroxylation sites is 1. The van der Waals surface area contributed by atoms with Crippen LogP contribution < -0.4 is 10.6 Å². The predicted octanol–water partition coefficient (Wildman–Crippen LogP) is 3.49. The van der Waals surface area contributed by atoms with Gasteiger partial charge in [-0.2, -0.15) is 4.31 Å². The number of aromatic hydroxyl groups is 1. The van der Waals surface area contributed by atoms with Gasteiger partial charge in [-0.05, 0) is 12.1 Å². The van der Waals surface area contributed by atoms with Crippen LogP contribution in [0.25, 0.3) is 0 Å². The summed E-state index contributed by atoms with van der Waals surface area (Å²) in [5, 5.41) is 17.7. The van der Waals surface area contributed by atoms with E-state index in [2.05, 4.69) is 19.4 Å². The summed E-state index contributed by atoms with van der Waals surface area (Å²) in [6, 6.07) is 9.12. The molecule has 1 unspecified atom stereocenters. The van der Waals surface area contributed by atoms with Gasteiger partial charge >= 0.3 is 0 Å². The van der Waals surface area contributed by atoms with Gasteiger partial charge in [0.25, 0.3) is 10.0 Å². The molecule has 1 aromatic carbocycles. The summed E-state index contributed by atoms with van der Waals surface area (Å²) in [5.41, 5.74) is 0.866. The van der Waals surface area contributed by atoms with E-state index in [1.54, 1.807) is 26.0 Å². The Kier molecular flexibility index (Phi) is 6.15. The number of nitrogens with zero attached hydrogens (tertiary/aromatic N) is 3. The van der Waals surface area contributed by atoms with Crippen LogP contribution in [-0.2, 0) is 10.0 Å². The molecular formula is C16H19N5O4S3. The highest BCUT2D eigenvalue weighted by Gasteiger charge is 2.29. The third-order valence-electron chi connectivity index (χ3n) is 3.86. The molecule has 0 fully saturated rings. The van der Waals surface area contributed by atoms with E-state index in [0.29, 0.717) is 18.8 Å². The molecule has 3 rings (SSSR count). The SMILES string of the molecule is CCN(CC)S(=O)(=O)c1scc(Nc2n[s+]([O-])nc2Nc2ccccc2)c1O. The number of benzene rings is 1. The summed E-state index contributed by atoms with van der Waals surface area (Å²) >= 11 is -0.913. The molecule has 0 aliphatic heterocycles. The van der Waals surface area contributed by atoms with Crippen molar-refractivity contribution in [2.45, 2.75) is 18.1 Å². The molecule has 1 atom stereocenters. The second-order valence-corrected chi connectivity index (χ2v) is 9.44. The van der Waals surface area contributed by atoms with E-state index in [0.717, 1.165) is 11.3 Å². The van der Waals surface area contributed by atoms with Gasteiger partial charge in [-0.15, -0.1) is 11.3 Å². The number of aromatic nitrogens is 2. The summed E-state index contributed by atoms with van der Waals surface area (Å²) in [4.78, 5) is 0. The van der Waals surface area contributed by atoms with Crippen LogP contribution in [0, 0.1) is 0 Å². The van der Waals surface area contributed by atoms with Gasteiger partial charge in [-0.3, -0.25) is 0 Å². The topological polar surface area (TPSA) is 131 Å². The van der Waals surface area contributed by atoms with E-state index in [9.17, 15) is 18.1 Å². The molecule has 0 saturated carbocycles. The standard InChI is InChI=1S/C16H19N5O4S3/c1-3-21(4-2)28(24,25)16-13(22)12(10-26-16)18-15-14(19-27(23)20-15)17-11-8-6-5-7-9-11/h5-10,22H,3-4H2,1-2H3,(H,17,19)(H,18,20). The van der Waals surface area contributed by atoms with Gasteiger partial charge in [0.05, 0.1) is 5.69 Å². The van der Waals surface area contributed by atoms with Crippen molar-refractivity contribution in [3.63, 3.8) is 0 Å². The smallest absolute Gasteiger partial charge is 0.256 e. The first kappa shape index (κ1) is 20.5. The molecule has 9 nitrogen and oxygen atoms in total. The summed E-state index contributed by atoms with van der Waals surface area (Å²) in [6.45, 7) is 4.04. The minimum Gasteiger partial charge on any atom is -0.546 e. The second kappa shape index (κ2) is 8.41. The molecule has 0 amide bonds. The third kappa shape index (κ3) is 4.10. The fourth-order valence-electron chi connectivity index (χ4n) is 2.50. The molecule has 3 aromatic rings. The highest BCUT2D eigenvalue weighted by atomic mass is 32.2. The Balaban J connectivity index is 1.89. The maximum atomic E-state index is 12.7. The van der Waals surface area contributed by atoms with E-state index in [1.807, 2.05) is 18.2 Å². The molecule has 28 heavy (non-hydrogen) atoms. The molecule has 0 radical (unpaired) electrons. The van der Waals surface area contributed by atoms with E-state index in [1.165, 1.54) is 9.69 Å². The molecular weight excluding hydrogens is 422 g/mol. The van der Waals surface area contributed by atoms with Crippen molar-refractivity contribution in [1.29, 1.82) is 0 Å². The van der Waals surface area contributed by atoms with E-state index < -0.39 is 26.9 Å². The van der Waals surface area contributed by atoms with E-state index >= 15 is 0 Å². The molecule has 0 aliphatic rings. The number of hydrogen-bond acceptors (Lipinski definition) is 9. The molecule has 3 N–H and O–H groups in total. The van der Waals surface area contributed by atoms with Gasteiger partial charge in [0.15, 0.2) is 21.1 Å². The lowest BCUT2D eigenvalue weighted by Crippen LogP contribution is -2.30. The van der Waals surface area contributed by atoms with Crippen LogP contribution >= 0.6 is 22.5 Å². The first-order valence-corrected chi connectivity index (χ1v) is 11.7. The van der Waals surface area contributed by atoms with Crippen molar-refractivity contribution in [2.75, 3.05) is 23.7 Å². The lowest BCUT2D eigenvalue weighted by atomic mass is 10.3. The zero-order valence-electron chi connectivity index (χ0n) is 15.1. The van der Waals surface area contributed by atoms with Gasteiger partial charge in [-0.1, -0.05) is 32.0 Å². The minimum absolute atomic E-state index is 0.141. The van der Waals surface area contributed by atoms with Crippen molar-refractivity contribution in [1.82, 2.24) is 13.1 Å². The quantitative estimate of drug-likeness (QED) is 0.453. The molecule has 2 heterocycles. The monoisotopic (exact) mass is 441 g/mol. The normalized spacial score (nSPS) is 12.4. The van der Waals surface area contributed by atoms with Crippen molar-refractivity contribution in [3.05, 3.63) is 35.7 Å². The second-order valence-electron chi connectivity index (χ2n) is 5.60. The fraction of sp³-hybridized carbons (Fsp3) is 0.250. The predicted molar refractivity (Wildman–Crippen MR) is 110 cm³/mol. The van der Waals surface area contributed by atoms with Crippen LogP contribution in [0.1, 0.15) is 13.8 Å². The molecule has 0 aliphatic carbocycles. The Hall–Kier alpha value is -2.25. The van der Waals surface area contributed by atoms with Crippen LogP contribution in [0.2, 0.25) is 0 Å². The van der Waals surface area contributed by atoms with Crippen LogP contribution in [-0.4, -0.2) is 44.2 Å². The van der Waals surface area contributed by atoms with Gasteiger partial charge < -0.3 is 20.3 Å². The lowest BCUT2D eigenvalue weighted by Gasteiger charge is -2.17.